The molecule has 134 valence electrons. The maximum Gasteiger partial charge on any atom is 0.0950 e. The molecule has 3 aromatic carbocycles. The normalized spacial score (nSPS) is 14.3. The van der Waals surface area contributed by atoms with Crippen molar-refractivity contribution in [1.82, 2.24) is 0 Å². The minimum atomic E-state index is -1.69. The molecular weight excluding hydrogens is 328 g/mol. The fraction of sp³-hybridized carbons (Fsp3) is 0.360. The van der Waals surface area contributed by atoms with E-state index in [9.17, 15) is 0 Å². The van der Waals surface area contributed by atoms with Crippen LogP contribution in [0.15, 0.2) is 48.5 Å². The van der Waals surface area contributed by atoms with Crippen LogP contribution in [0.4, 0.5) is 0 Å². The molecule has 0 unspecified atom stereocenters. The van der Waals surface area contributed by atoms with Crippen LogP contribution >= 0.6 is 0 Å². The van der Waals surface area contributed by atoms with Crippen LogP contribution in [-0.4, -0.2) is 8.07 Å². The first-order chi connectivity index (χ1) is 12.4. The lowest BCUT2D eigenvalue weighted by atomic mass is 9.98. The Morgan fingerprint density at radius 3 is 1.96 bits per heavy atom. The molecule has 1 aliphatic rings. The molecule has 1 heteroatoms. The molecule has 3 aromatic rings. The highest BCUT2D eigenvalue weighted by molar-refractivity contribution is 7.00. The van der Waals surface area contributed by atoms with E-state index >= 15 is 0 Å². The Morgan fingerprint density at radius 2 is 1.31 bits per heavy atom. The Labute approximate surface area is 158 Å². The van der Waals surface area contributed by atoms with Gasteiger partial charge < -0.3 is 0 Å². The third-order valence-electron chi connectivity index (χ3n) is 6.84. The van der Waals surface area contributed by atoms with E-state index < -0.39 is 8.07 Å². The highest BCUT2D eigenvalue weighted by Crippen LogP contribution is 2.54. The zero-order chi connectivity index (χ0) is 18.6. The average Bonchev–Trinajstić information content (AvgIpc) is 2.96. The molecule has 26 heavy (non-hydrogen) atoms. The van der Waals surface area contributed by atoms with Crippen molar-refractivity contribution in [3.05, 3.63) is 59.7 Å². The van der Waals surface area contributed by atoms with Crippen LogP contribution in [-0.2, 0) is 0 Å². The molecule has 0 spiro atoms. The van der Waals surface area contributed by atoms with Gasteiger partial charge in [-0.3, -0.25) is 0 Å². The summed E-state index contributed by atoms with van der Waals surface area (Å²) in [6, 6.07) is 18.2. The van der Waals surface area contributed by atoms with E-state index in [-0.39, 0.29) is 0 Å². The summed E-state index contributed by atoms with van der Waals surface area (Å²) >= 11 is 0. The van der Waals surface area contributed by atoms with E-state index in [0.29, 0.717) is 0 Å². The molecule has 0 atom stereocenters. The average molecular weight is 359 g/mol. The Hall–Kier alpha value is -1.86. The maximum atomic E-state index is 2.59. The summed E-state index contributed by atoms with van der Waals surface area (Å²) in [7, 11) is -1.69. The van der Waals surface area contributed by atoms with Gasteiger partial charge in [0.25, 0.3) is 0 Å². The first kappa shape index (κ1) is 17.5. The van der Waals surface area contributed by atoms with Crippen LogP contribution in [0.5, 0.6) is 0 Å². The SMILES string of the molecule is CC(C)[Si](C1=Cc2c3ccccc3cc3cccc1c23)(C(C)C)C(C)C. The molecule has 0 nitrogen and oxygen atoms in total. The molecule has 0 radical (unpaired) electrons. The first-order valence-electron chi connectivity index (χ1n) is 10.1. The molecule has 1 aliphatic carbocycles. The standard InChI is InChI=1S/C25H30Si/c1-16(2)26(17(3)4,18(5)6)24-15-23-21-12-8-7-10-19(21)14-20-11-9-13-22(24)25(20)23/h7-18H,1-6H3. The zero-order valence-electron chi connectivity index (χ0n) is 16.9. The van der Waals surface area contributed by atoms with Gasteiger partial charge in [0.2, 0.25) is 0 Å². The molecule has 4 rings (SSSR count). The molecule has 0 saturated carbocycles. The summed E-state index contributed by atoms with van der Waals surface area (Å²) in [6.07, 6.45) is 2.59. The minimum absolute atomic E-state index is 0.726. The Kier molecular flexibility index (Phi) is 4.11. The van der Waals surface area contributed by atoms with E-state index in [0.717, 1.165) is 16.6 Å². The largest absolute Gasteiger partial charge is 0.0950 e. The van der Waals surface area contributed by atoms with E-state index in [1.165, 1.54) is 32.7 Å². The lowest BCUT2D eigenvalue weighted by Crippen LogP contribution is -2.45. The van der Waals surface area contributed by atoms with Gasteiger partial charge in [-0.25, -0.2) is 0 Å². The number of benzene rings is 3. The Balaban J connectivity index is 2.12. The van der Waals surface area contributed by atoms with Gasteiger partial charge in [-0.1, -0.05) is 95.3 Å². The van der Waals surface area contributed by atoms with Gasteiger partial charge in [0.15, 0.2) is 0 Å². The second kappa shape index (κ2) is 6.09. The zero-order valence-corrected chi connectivity index (χ0v) is 17.9. The second-order valence-electron chi connectivity index (χ2n) is 8.87. The summed E-state index contributed by atoms with van der Waals surface area (Å²) in [5.41, 5.74) is 5.16. The topological polar surface area (TPSA) is 0 Å². The van der Waals surface area contributed by atoms with Crippen molar-refractivity contribution in [2.75, 3.05) is 0 Å². The maximum absolute atomic E-state index is 2.59. The summed E-state index contributed by atoms with van der Waals surface area (Å²) in [5.74, 6) is 0. The molecule has 0 N–H and O–H groups in total. The summed E-state index contributed by atoms with van der Waals surface area (Å²) in [5, 5.41) is 7.33. The fourth-order valence-corrected chi connectivity index (χ4v) is 13.0. The fourth-order valence-electron chi connectivity index (χ4n) is 6.05. The molecule has 0 aliphatic heterocycles. The molecule has 0 saturated heterocycles. The lowest BCUT2D eigenvalue weighted by molar-refractivity contribution is 0.838. The lowest BCUT2D eigenvalue weighted by Gasteiger charge is -2.45. The molecule has 0 fully saturated rings. The van der Waals surface area contributed by atoms with Crippen molar-refractivity contribution in [3.63, 3.8) is 0 Å². The van der Waals surface area contributed by atoms with Gasteiger partial charge >= 0.3 is 0 Å². The van der Waals surface area contributed by atoms with Crippen LogP contribution in [0.2, 0.25) is 16.6 Å². The van der Waals surface area contributed by atoms with Gasteiger partial charge in [-0.05, 0) is 55.4 Å². The van der Waals surface area contributed by atoms with Crippen molar-refractivity contribution in [3.8, 4) is 0 Å². The van der Waals surface area contributed by atoms with Crippen LogP contribution in [0.1, 0.15) is 52.7 Å². The summed E-state index contributed by atoms with van der Waals surface area (Å²) < 4.78 is 0. The molecular formula is C25H30Si. The van der Waals surface area contributed by atoms with Gasteiger partial charge in [-0.15, -0.1) is 0 Å². The summed E-state index contributed by atoms with van der Waals surface area (Å²) in [6.45, 7) is 14.8. The van der Waals surface area contributed by atoms with Crippen molar-refractivity contribution in [1.29, 1.82) is 0 Å². The van der Waals surface area contributed by atoms with E-state index in [4.69, 9.17) is 0 Å². The van der Waals surface area contributed by atoms with Crippen molar-refractivity contribution in [2.45, 2.75) is 58.2 Å². The van der Waals surface area contributed by atoms with Crippen molar-refractivity contribution < 1.29 is 0 Å². The second-order valence-corrected chi connectivity index (χ2v) is 14.7. The van der Waals surface area contributed by atoms with Crippen LogP contribution in [0.3, 0.4) is 0 Å². The number of hydrogen-bond acceptors (Lipinski definition) is 0. The van der Waals surface area contributed by atoms with Crippen LogP contribution < -0.4 is 0 Å². The number of rotatable bonds is 4. The number of hydrogen-bond donors (Lipinski definition) is 0. The van der Waals surface area contributed by atoms with Gasteiger partial charge in [-0.2, -0.15) is 0 Å². The van der Waals surface area contributed by atoms with Crippen LogP contribution in [0, 0.1) is 0 Å². The van der Waals surface area contributed by atoms with Crippen LogP contribution in [0.25, 0.3) is 32.8 Å². The predicted octanol–water partition coefficient (Wildman–Crippen LogP) is 8.07. The smallest absolute Gasteiger partial charge is 0.0648 e. The van der Waals surface area contributed by atoms with Crippen molar-refractivity contribution in [2.24, 2.45) is 0 Å². The third-order valence-corrected chi connectivity index (χ3v) is 13.9. The molecule has 0 aromatic heterocycles. The van der Waals surface area contributed by atoms with Crippen molar-refractivity contribution >= 4 is 40.9 Å². The Morgan fingerprint density at radius 1 is 0.692 bits per heavy atom. The molecule has 0 bridgehead atoms. The Bertz CT molecular complexity index is 999. The van der Waals surface area contributed by atoms with E-state index in [2.05, 4.69) is 96.1 Å². The molecule has 0 amide bonds. The third kappa shape index (κ3) is 2.19. The van der Waals surface area contributed by atoms with Gasteiger partial charge in [0.1, 0.15) is 0 Å². The first-order valence-corrected chi connectivity index (χ1v) is 12.3. The monoisotopic (exact) mass is 358 g/mol. The minimum Gasteiger partial charge on any atom is -0.0648 e. The van der Waals surface area contributed by atoms with Gasteiger partial charge in [0, 0.05) is 0 Å². The summed E-state index contributed by atoms with van der Waals surface area (Å²) in [4.78, 5) is 0. The van der Waals surface area contributed by atoms with E-state index in [1.807, 2.05) is 0 Å². The number of fused-ring (bicyclic) bond motifs is 2. The quantitative estimate of drug-likeness (QED) is 0.327. The highest BCUT2D eigenvalue weighted by Gasteiger charge is 2.47. The van der Waals surface area contributed by atoms with Gasteiger partial charge in [0.05, 0.1) is 8.07 Å². The van der Waals surface area contributed by atoms with E-state index in [1.54, 1.807) is 5.20 Å². The predicted molar refractivity (Wildman–Crippen MR) is 120 cm³/mol. The molecule has 0 heterocycles. The highest BCUT2D eigenvalue weighted by atomic mass is 28.3.